The molecular formula is C17H22N4O. The van der Waals surface area contributed by atoms with E-state index in [-0.39, 0.29) is 0 Å². The predicted octanol–water partition coefficient (Wildman–Crippen LogP) is 2.51. The van der Waals surface area contributed by atoms with Crippen LogP contribution in [0.5, 0.6) is 0 Å². The number of hydrogen-bond acceptors (Lipinski definition) is 3. The number of hydrazone groups is 1. The molecule has 22 heavy (non-hydrogen) atoms. The first-order chi connectivity index (χ1) is 10.6. The molecule has 0 aliphatic heterocycles. The number of nitrogens with two attached hydrogens (primary N) is 1. The number of urea groups is 1. The lowest BCUT2D eigenvalue weighted by Gasteiger charge is -2.16. The lowest BCUT2D eigenvalue weighted by Crippen LogP contribution is -2.33. The highest BCUT2D eigenvalue weighted by molar-refractivity contribution is 5.99. The van der Waals surface area contributed by atoms with Gasteiger partial charge in [-0.1, -0.05) is 42.5 Å². The molecule has 2 rings (SSSR count). The molecule has 0 saturated carbocycles. The van der Waals surface area contributed by atoms with Crippen LogP contribution in [0.25, 0.3) is 10.8 Å². The highest BCUT2D eigenvalue weighted by Gasteiger charge is 2.07. The molecular weight excluding hydrogens is 276 g/mol. The Morgan fingerprint density at radius 2 is 1.86 bits per heavy atom. The second-order valence-corrected chi connectivity index (χ2v) is 5.43. The quantitative estimate of drug-likeness (QED) is 0.658. The summed E-state index contributed by atoms with van der Waals surface area (Å²) in [5.41, 5.74) is 6.36. The van der Waals surface area contributed by atoms with E-state index in [0.29, 0.717) is 6.54 Å². The first-order valence-corrected chi connectivity index (χ1v) is 7.31. The topological polar surface area (TPSA) is 61.9 Å². The first-order valence-electron chi connectivity index (χ1n) is 7.31. The Morgan fingerprint density at radius 1 is 1.14 bits per heavy atom. The summed E-state index contributed by atoms with van der Waals surface area (Å²) in [6.45, 7) is 1.39. The van der Waals surface area contributed by atoms with Crippen molar-refractivity contribution in [1.29, 1.82) is 0 Å². The van der Waals surface area contributed by atoms with Gasteiger partial charge >= 0.3 is 6.03 Å². The van der Waals surface area contributed by atoms with Crippen LogP contribution in [0.2, 0.25) is 0 Å². The molecule has 2 N–H and O–H groups in total. The van der Waals surface area contributed by atoms with E-state index < -0.39 is 6.03 Å². The number of carbonyl (C=O) groups is 1. The van der Waals surface area contributed by atoms with E-state index in [9.17, 15) is 4.79 Å². The molecule has 0 aliphatic rings. The number of benzene rings is 2. The van der Waals surface area contributed by atoms with E-state index >= 15 is 0 Å². The first kappa shape index (κ1) is 16.0. The van der Waals surface area contributed by atoms with E-state index in [0.717, 1.165) is 29.3 Å². The second kappa shape index (κ2) is 7.56. The average Bonchev–Trinajstić information content (AvgIpc) is 2.50. The summed E-state index contributed by atoms with van der Waals surface area (Å²) in [6, 6.07) is 13.6. The molecule has 5 heteroatoms. The maximum atomic E-state index is 11.5. The molecule has 0 aliphatic carbocycles. The monoisotopic (exact) mass is 298 g/mol. The van der Waals surface area contributed by atoms with E-state index in [4.69, 9.17) is 5.73 Å². The van der Waals surface area contributed by atoms with Crippen molar-refractivity contribution >= 4 is 23.0 Å². The van der Waals surface area contributed by atoms with Crippen LogP contribution < -0.4 is 5.73 Å². The Balaban J connectivity index is 2.14. The van der Waals surface area contributed by atoms with Gasteiger partial charge in [0.25, 0.3) is 0 Å². The molecule has 0 unspecified atom stereocenters. The van der Waals surface area contributed by atoms with Gasteiger partial charge in [-0.3, -0.25) is 0 Å². The van der Waals surface area contributed by atoms with Gasteiger partial charge in [-0.05, 0) is 37.8 Å². The van der Waals surface area contributed by atoms with Crippen LogP contribution in [-0.2, 0) is 0 Å². The van der Waals surface area contributed by atoms with Crippen molar-refractivity contribution in [2.75, 3.05) is 27.2 Å². The van der Waals surface area contributed by atoms with Gasteiger partial charge in [-0.2, -0.15) is 5.10 Å². The van der Waals surface area contributed by atoms with Gasteiger partial charge in [0.15, 0.2) is 0 Å². The highest BCUT2D eigenvalue weighted by Crippen LogP contribution is 2.16. The zero-order valence-electron chi connectivity index (χ0n) is 13.1. The van der Waals surface area contributed by atoms with Crippen molar-refractivity contribution in [3.05, 3.63) is 48.0 Å². The van der Waals surface area contributed by atoms with Crippen LogP contribution in [0.3, 0.4) is 0 Å². The minimum atomic E-state index is -0.532. The smallest absolute Gasteiger partial charge is 0.335 e. The van der Waals surface area contributed by atoms with Crippen molar-refractivity contribution in [3.8, 4) is 0 Å². The molecule has 0 saturated heterocycles. The van der Waals surface area contributed by atoms with Crippen LogP contribution >= 0.6 is 0 Å². The molecule has 0 fully saturated rings. The molecule has 2 amide bonds. The normalized spacial score (nSPS) is 11.4. The molecule has 5 nitrogen and oxygen atoms in total. The van der Waals surface area contributed by atoms with Crippen LogP contribution in [0.1, 0.15) is 12.0 Å². The highest BCUT2D eigenvalue weighted by atomic mass is 16.2. The largest absolute Gasteiger partial charge is 0.350 e. The number of primary amides is 1. The molecule has 0 radical (unpaired) electrons. The SMILES string of the molecule is CN(C)CCCN(/N=C\c1cccc2ccccc12)C(N)=O. The lowest BCUT2D eigenvalue weighted by molar-refractivity contribution is 0.207. The van der Waals surface area contributed by atoms with Crippen molar-refractivity contribution in [3.63, 3.8) is 0 Å². The van der Waals surface area contributed by atoms with Crippen LogP contribution in [-0.4, -0.2) is 49.3 Å². The van der Waals surface area contributed by atoms with E-state index in [1.165, 1.54) is 5.01 Å². The zero-order chi connectivity index (χ0) is 15.9. The molecule has 2 aromatic rings. The maximum absolute atomic E-state index is 11.5. The summed E-state index contributed by atoms with van der Waals surface area (Å²) in [5.74, 6) is 0. The summed E-state index contributed by atoms with van der Waals surface area (Å²) in [6.07, 6.45) is 2.52. The molecule has 0 heterocycles. The Bertz CT molecular complexity index is 661. The summed E-state index contributed by atoms with van der Waals surface area (Å²) in [4.78, 5) is 13.5. The van der Waals surface area contributed by atoms with Crippen molar-refractivity contribution in [2.24, 2.45) is 10.8 Å². The Kier molecular flexibility index (Phi) is 5.49. The molecule has 0 spiro atoms. The van der Waals surface area contributed by atoms with Crippen LogP contribution in [0, 0.1) is 0 Å². The van der Waals surface area contributed by atoms with Gasteiger partial charge < -0.3 is 10.6 Å². The number of rotatable bonds is 6. The third-order valence-corrected chi connectivity index (χ3v) is 3.39. The van der Waals surface area contributed by atoms with Gasteiger partial charge in [-0.25, -0.2) is 9.80 Å². The number of carbonyl (C=O) groups excluding carboxylic acids is 1. The molecule has 116 valence electrons. The fraction of sp³-hybridized carbons (Fsp3) is 0.294. The molecule has 0 aromatic heterocycles. The minimum Gasteiger partial charge on any atom is -0.350 e. The number of hydrogen-bond donors (Lipinski definition) is 1. The second-order valence-electron chi connectivity index (χ2n) is 5.43. The summed E-state index contributed by atoms with van der Waals surface area (Å²) in [5, 5.41) is 7.81. The third kappa shape index (κ3) is 4.30. The lowest BCUT2D eigenvalue weighted by atomic mass is 10.1. The zero-order valence-corrected chi connectivity index (χ0v) is 13.1. The van der Waals surface area contributed by atoms with Crippen molar-refractivity contribution in [2.45, 2.75) is 6.42 Å². The maximum Gasteiger partial charge on any atom is 0.335 e. The van der Waals surface area contributed by atoms with Crippen LogP contribution in [0.15, 0.2) is 47.6 Å². The van der Waals surface area contributed by atoms with Gasteiger partial charge in [0.2, 0.25) is 0 Å². The van der Waals surface area contributed by atoms with Gasteiger partial charge in [-0.15, -0.1) is 0 Å². The van der Waals surface area contributed by atoms with Gasteiger partial charge in [0.1, 0.15) is 0 Å². The van der Waals surface area contributed by atoms with E-state index in [1.54, 1.807) is 6.21 Å². The molecule has 0 bridgehead atoms. The standard InChI is InChI=1S/C17H22N4O/c1-20(2)11-6-12-21(17(18)22)19-13-15-9-5-8-14-7-3-4-10-16(14)15/h3-5,7-10,13H,6,11-12H2,1-2H3,(H2,18,22)/b19-13-. The van der Waals surface area contributed by atoms with Crippen molar-refractivity contribution in [1.82, 2.24) is 9.91 Å². The summed E-state index contributed by atoms with van der Waals surface area (Å²) < 4.78 is 0. The van der Waals surface area contributed by atoms with Crippen LogP contribution in [0.4, 0.5) is 4.79 Å². The summed E-state index contributed by atoms with van der Waals surface area (Å²) in [7, 11) is 3.99. The summed E-state index contributed by atoms with van der Waals surface area (Å²) >= 11 is 0. The predicted molar refractivity (Wildman–Crippen MR) is 91.0 cm³/mol. The number of nitrogens with zero attached hydrogens (tertiary/aromatic N) is 3. The van der Waals surface area contributed by atoms with Crippen molar-refractivity contribution < 1.29 is 4.79 Å². The fourth-order valence-electron chi connectivity index (χ4n) is 2.26. The average molecular weight is 298 g/mol. The fourth-order valence-corrected chi connectivity index (χ4v) is 2.26. The van der Waals surface area contributed by atoms with E-state index in [1.807, 2.05) is 44.4 Å². The Morgan fingerprint density at radius 3 is 2.59 bits per heavy atom. The molecule has 2 aromatic carbocycles. The third-order valence-electron chi connectivity index (χ3n) is 3.39. The van der Waals surface area contributed by atoms with Gasteiger partial charge in [0.05, 0.1) is 6.21 Å². The number of fused-ring (bicyclic) bond motifs is 1. The Labute approximate surface area is 131 Å². The Hall–Kier alpha value is -2.40. The number of amides is 2. The van der Waals surface area contributed by atoms with Gasteiger partial charge in [0, 0.05) is 12.1 Å². The molecule has 0 atom stereocenters. The van der Waals surface area contributed by atoms with E-state index in [2.05, 4.69) is 22.1 Å². The minimum absolute atomic E-state index is 0.509.